The number of aromatic amines is 2. The molecule has 4 bridgehead atoms. The van der Waals surface area contributed by atoms with E-state index in [0.717, 1.165) is 35.4 Å². The highest BCUT2D eigenvalue weighted by molar-refractivity contribution is 7.92. The molecule has 0 radical (unpaired) electrons. The minimum atomic E-state index is -4.65. The number of rotatable bonds is 4. The lowest BCUT2D eigenvalue weighted by molar-refractivity contribution is -0.718. The molecule has 6 rings (SSSR count). The van der Waals surface area contributed by atoms with Crippen molar-refractivity contribution >= 4 is 36.5 Å². The molecule has 14 heteroatoms. The van der Waals surface area contributed by atoms with Crippen molar-refractivity contribution < 1.29 is 40.2 Å². The second kappa shape index (κ2) is 13.5. The van der Waals surface area contributed by atoms with Gasteiger partial charge < -0.3 is 10.1 Å². The SMILES string of the molecule is CC(Cc1cccc(C2(C)CCCC(C)(C)CS(=O)(=O)CCc3c(c(F)cc4[nH]ccc34)S(=O)(=O)c3ccc(F)c(c3)-c3nc2[nH][n+]3C)c1)C(=O)O. The Kier molecular flexibility index (Phi) is 9.71. The molecule has 5 aromatic rings. The number of aliphatic carboxylic acids is 1. The van der Waals surface area contributed by atoms with Crippen LogP contribution in [0.15, 0.2) is 70.6 Å². The fourth-order valence-corrected chi connectivity index (χ4v) is 11.0. The third kappa shape index (κ3) is 7.14. The highest BCUT2D eigenvalue weighted by Gasteiger charge is 2.40. The number of benzene rings is 3. The molecule has 2 aromatic heterocycles. The van der Waals surface area contributed by atoms with Crippen LogP contribution in [0.5, 0.6) is 0 Å². The molecule has 0 amide bonds. The molecule has 0 saturated heterocycles. The summed E-state index contributed by atoms with van der Waals surface area (Å²) in [6, 6.07) is 13.4. The number of nitrogens with one attached hydrogen (secondary N) is 2. The maximum absolute atomic E-state index is 15.9. The molecule has 0 fully saturated rings. The Balaban J connectivity index is 1.56. The molecule has 10 nitrogen and oxygen atoms in total. The summed E-state index contributed by atoms with van der Waals surface area (Å²) < 4.78 is 89.2. The number of aryl methyl sites for hydroxylation is 2. The third-order valence-electron chi connectivity index (χ3n) is 10.3. The number of fused-ring (bicyclic) bond motifs is 8. The van der Waals surface area contributed by atoms with Gasteiger partial charge in [0.05, 0.1) is 27.7 Å². The van der Waals surface area contributed by atoms with Gasteiger partial charge >= 0.3 is 11.8 Å². The van der Waals surface area contributed by atoms with Crippen LogP contribution in [-0.4, -0.2) is 54.5 Å². The molecule has 276 valence electrons. The fourth-order valence-electron chi connectivity index (χ4n) is 7.43. The van der Waals surface area contributed by atoms with Crippen molar-refractivity contribution in [2.24, 2.45) is 18.4 Å². The number of carboxylic acid groups (broad SMARTS) is 1. The van der Waals surface area contributed by atoms with Gasteiger partial charge in [0.1, 0.15) is 29.1 Å². The van der Waals surface area contributed by atoms with E-state index < -0.39 is 64.7 Å². The van der Waals surface area contributed by atoms with Gasteiger partial charge in [0.25, 0.3) is 5.82 Å². The van der Waals surface area contributed by atoms with Gasteiger partial charge in [-0.05, 0) is 90.0 Å². The van der Waals surface area contributed by atoms with Crippen LogP contribution >= 0.6 is 0 Å². The summed E-state index contributed by atoms with van der Waals surface area (Å²) >= 11 is 0. The van der Waals surface area contributed by atoms with E-state index in [1.54, 1.807) is 20.0 Å². The number of hydrogen-bond donors (Lipinski definition) is 3. The zero-order valence-electron chi connectivity index (χ0n) is 29.8. The number of sulfone groups is 2. The maximum atomic E-state index is 15.9. The summed E-state index contributed by atoms with van der Waals surface area (Å²) in [4.78, 5) is 18.4. The molecule has 1 aliphatic heterocycles. The Hall–Kier alpha value is -4.43. The Morgan fingerprint density at radius 2 is 1.77 bits per heavy atom. The molecule has 3 heterocycles. The van der Waals surface area contributed by atoms with Crippen molar-refractivity contribution in [1.82, 2.24) is 15.1 Å². The summed E-state index contributed by atoms with van der Waals surface area (Å²) in [5.41, 5.74) is 0.340. The van der Waals surface area contributed by atoms with Gasteiger partial charge in [0, 0.05) is 17.1 Å². The number of halogens is 2. The molecule has 1 aliphatic rings. The third-order valence-corrected chi connectivity index (χ3v) is 14.2. The minimum Gasteiger partial charge on any atom is -0.481 e. The fraction of sp³-hybridized carbons (Fsp3) is 0.395. The minimum absolute atomic E-state index is 0.0352. The van der Waals surface area contributed by atoms with Crippen LogP contribution in [-0.2, 0) is 49.8 Å². The summed E-state index contributed by atoms with van der Waals surface area (Å²) in [5, 5.41) is 13.2. The number of aromatic nitrogens is 4. The standard InChI is InChI=1S/C38H42F2N4O6S2/c1-23(35(45)46)18-24-8-6-9-25(19-24)38(4)15-7-14-37(2,3)22-51(47,48)17-13-28-27-12-16-41-32(27)21-31(40)33(28)52(49,50)26-10-11-30(39)29(20-26)34-42-36(38)43-44(34)5/h6,8-12,16,19-21,23,41H,7,13-15,17-18,22H2,1-5H3,(H,45,46)/p+1. The lowest BCUT2D eigenvalue weighted by Gasteiger charge is -2.29. The van der Waals surface area contributed by atoms with Crippen LogP contribution in [0.25, 0.3) is 22.3 Å². The van der Waals surface area contributed by atoms with Gasteiger partial charge in [-0.2, -0.15) is 9.78 Å². The number of H-pyrrole nitrogens is 2. The molecule has 0 spiro atoms. The van der Waals surface area contributed by atoms with E-state index in [9.17, 15) is 26.7 Å². The first-order valence-electron chi connectivity index (χ1n) is 17.1. The van der Waals surface area contributed by atoms with Gasteiger partial charge in [-0.1, -0.05) is 51.5 Å². The quantitative estimate of drug-likeness (QED) is 0.145. The van der Waals surface area contributed by atoms with Crippen LogP contribution in [0.4, 0.5) is 8.78 Å². The predicted molar refractivity (Wildman–Crippen MR) is 192 cm³/mol. The summed E-state index contributed by atoms with van der Waals surface area (Å²) in [6.45, 7) is 7.35. The molecular formula is C38H43F2N4O6S2+. The smallest absolute Gasteiger partial charge is 0.353 e. The lowest BCUT2D eigenvalue weighted by Crippen LogP contribution is -2.35. The molecule has 2 unspecified atom stereocenters. The van der Waals surface area contributed by atoms with E-state index in [1.807, 2.05) is 45.0 Å². The normalized spacial score (nSPS) is 20.8. The van der Waals surface area contributed by atoms with E-state index >= 15 is 8.78 Å². The van der Waals surface area contributed by atoms with E-state index in [4.69, 9.17) is 4.98 Å². The lowest BCUT2D eigenvalue weighted by atomic mass is 9.75. The summed E-state index contributed by atoms with van der Waals surface area (Å²) in [7, 11) is -6.79. The zero-order valence-corrected chi connectivity index (χ0v) is 31.4. The van der Waals surface area contributed by atoms with Crippen LogP contribution in [0.1, 0.15) is 69.5 Å². The Bertz CT molecular complexity index is 2420. The average molecular weight is 754 g/mol. The highest BCUT2D eigenvalue weighted by Crippen LogP contribution is 2.40. The van der Waals surface area contributed by atoms with E-state index in [2.05, 4.69) is 10.1 Å². The van der Waals surface area contributed by atoms with Gasteiger partial charge in [0.2, 0.25) is 9.84 Å². The second-order valence-corrected chi connectivity index (χ2v) is 19.1. The largest absolute Gasteiger partial charge is 0.481 e. The van der Waals surface area contributed by atoms with Crippen molar-refractivity contribution in [3.8, 4) is 11.4 Å². The van der Waals surface area contributed by atoms with Gasteiger partial charge in [-0.15, -0.1) is 0 Å². The van der Waals surface area contributed by atoms with Crippen molar-refractivity contribution in [2.45, 2.75) is 75.0 Å². The average Bonchev–Trinajstić information content (AvgIpc) is 3.69. The van der Waals surface area contributed by atoms with Crippen molar-refractivity contribution in [3.63, 3.8) is 0 Å². The number of carbonyl (C=O) groups is 1. The number of hydrogen-bond acceptors (Lipinski definition) is 6. The Morgan fingerprint density at radius 3 is 2.50 bits per heavy atom. The Morgan fingerprint density at radius 1 is 1.02 bits per heavy atom. The Labute approximate surface area is 302 Å². The molecular weight excluding hydrogens is 711 g/mol. The van der Waals surface area contributed by atoms with Crippen molar-refractivity contribution in [1.29, 1.82) is 0 Å². The van der Waals surface area contributed by atoms with E-state index in [1.165, 1.54) is 10.9 Å². The van der Waals surface area contributed by atoms with Gasteiger partial charge in [-0.3, -0.25) is 4.79 Å². The first-order chi connectivity index (χ1) is 24.3. The predicted octanol–water partition coefficient (Wildman–Crippen LogP) is 6.23. The van der Waals surface area contributed by atoms with Crippen LogP contribution in [0, 0.1) is 23.0 Å². The first kappa shape index (κ1) is 37.3. The van der Waals surface area contributed by atoms with Crippen LogP contribution < -0.4 is 4.68 Å². The molecule has 3 N–H and O–H groups in total. The highest BCUT2D eigenvalue weighted by atomic mass is 32.2. The summed E-state index contributed by atoms with van der Waals surface area (Å²) in [6.07, 6.45) is 3.17. The van der Waals surface area contributed by atoms with E-state index in [-0.39, 0.29) is 34.0 Å². The van der Waals surface area contributed by atoms with Crippen molar-refractivity contribution in [2.75, 3.05) is 11.5 Å². The first-order valence-corrected chi connectivity index (χ1v) is 20.4. The monoisotopic (exact) mass is 753 g/mol. The van der Waals surface area contributed by atoms with E-state index in [0.29, 0.717) is 42.4 Å². The molecule has 0 aliphatic carbocycles. The molecule has 2 atom stereocenters. The van der Waals surface area contributed by atoms with Gasteiger partial charge in [-0.25, -0.2) is 25.6 Å². The molecule has 52 heavy (non-hydrogen) atoms. The molecule has 3 aromatic carbocycles. The second-order valence-electron chi connectivity index (χ2n) is 15.0. The van der Waals surface area contributed by atoms with Crippen molar-refractivity contribution in [3.05, 3.63) is 94.9 Å². The number of nitrogens with zero attached hydrogens (tertiary/aromatic N) is 2. The topological polar surface area (TPSA) is 154 Å². The maximum Gasteiger partial charge on any atom is 0.353 e. The van der Waals surface area contributed by atoms with Crippen LogP contribution in [0.3, 0.4) is 0 Å². The molecule has 0 saturated carbocycles. The van der Waals surface area contributed by atoms with Crippen LogP contribution in [0.2, 0.25) is 0 Å². The zero-order chi connectivity index (χ0) is 37.8. The van der Waals surface area contributed by atoms with Gasteiger partial charge in [0.15, 0.2) is 9.84 Å². The summed E-state index contributed by atoms with van der Waals surface area (Å²) in [5.74, 6) is -3.35. The number of carboxylic acids is 1.